The minimum absolute atomic E-state index is 0.000330. The topological polar surface area (TPSA) is 85.8 Å². The summed E-state index contributed by atoms with van der Waals surface area (Å²) < 4.78 is 0. The molecule has 2 amide bonds. The van der Waals surface area contributed by atoms with Gasteiger partial charge < -0.3 is 20.2 Å². The van der Waals surface area contributed by atoms with Crippen molar-refractivity contribution in [1.82, 2.24) is 9.88 Å². The van der Waals surface area contributed by atoms with Crippen molar-refractivity contribution in [3.8, 4) is 0 Å². The Bertz CT molecular complexity index is 940. The van der Waals surface area contributed by atoms with Gasteiger partial charge >= 0.3 is 12.0 Å². The number of pyridine rings is 1. The summed E-state index contributed by atoms with van der Waals surface area (Å²) in [6.45, 7) is 12.6. The quantitative estimate of drug-likeness (QED) is 0.732. The molecule has 0 aliphatic carbocycles. The molecule has 1 fully saturated rings. The van der Waals surface area contributed by atoms with E-state index in [1.54, 1.807) is 6.07 Å². The van der Waals surface area contributed by atoms with Gasteiger partial charge in [-0.05, 0) is 37.6 Å². The standard InChI is InChI=1S/C22H30N4O3Si/c1-15-12-17(21(27)28)13-23-20(15)25-10-11-26(16(2)14-25)22(29)24-18-6-8-19(9-7-18)30(3,4)5/h6-9,12-13,16H,10-11,14H2,1-5H3,(H,24,29)(H,27,28)/t16-/m1/s1. The van der Waals surface area contributed by atoms with Gasteiger partial charge in [-0.3, -0.25) is 0 Å². The molecular formula is C22H30N4O3Si. The number of benzene rings is 1. The van der Waals surface area contributed by atoms with Crippen LogP contribution in [0.15, 0.2) is 36.5 Å². The molecule has 1 aromatic carbocycles. The van der Waals surface area contributed by atoms with E-state index in [0.29, 0.717) is 19.6 Å². The average Bonchev–Trinajstić information content (AvgIpc) is 2.67. The molecule has 7 nitrogen and oxygen atoms in total. The first-order valence-corrected chi connectivity index (χ1v) is 13.7. The molecule has 0 saturated carbocycles. The van der Waals surface area contributed by atoms with E-state index in [1.165, 1.54) is 11.4 Å². The van der Waals surface area contributed by atoms with E-state index in [4.69, 9.17) is 5.11 Å². The molecule has 2 N–H and O–H groups in total. The van der Waals surface area contributed by atoms with E-state index in [9.17, 15) is 9.59 Å². The Morgan fingerprint density at radius 1 is 1.17 bits per heavy atom. The molecule has 30 heavy (non-hydrogen) atoms. The Labute approximate surface area is 178 Å². The molecule has 2 heterocycles. The summed E-state index contributed by atoms with van der Waals surface area (Å²) >= 11 is 0. The monoisotopic (exact) mass is 426 g/mol. The van der Waals surface area contributed by atoms with E-state index in [2.05, 4.69) is 47.0 Å². The second-order valence-electron chi connectivity index (χ2n) is 8.92. The van der Waals surface area contributed by atoms with E-state index < -0.39 is 14.0 Å². The zero-order valence-electron chi connectivity index (χ0n) is 18.3. The third-order valence-corrected chi connectivity index (χ3v) is 7.55. The van der Waals surface area contributed by atoms with E-state index in [-0.39, 0.29) is 17.6 Å². The lowest BCUT2D eigenvalue weighted by Crippen LogP contribution is -2.55. The van der Waals surface area contributed by atoms with Gasteiger partial charge in [-0.1, -0.05) is 37.0 Å². The van der Waals surface area contributed by atoms with Crippen LogP contribution in [0.3, 0.4) is 0 Å². The minimum Gasteiger partial charge on any atom is -0.478 e. The van der Waals surface area contributed by atoms with Crippen molar-refractivity contribution < 1.29 is 14.7 Å². The number of hydrogen-bond acceptors (Lipinski definition) is 4. The number of piperazine rings is 1. The van der Waals surface area contributed by atoms with Gasteiger partial charge in [0.1, 0.15) is 5.82 Å². The molecule has 3 rings (SSSR count). The maximum atomic E-state index is 12.8. The smallest absolute Gasteiger partial charge is 0.337 e. The number of carbonyl (C=O) groups excluding carboxylic acids is 1. The van der Waals surface area contributed by atoms with Gasteiger partial charge in [-0.25, -0.2) is 14.6 Å². The SMILES string of the molecule is Cc1cc(C(=O)O)cnc1N1CCN(C(=O)Nc2ccc([Si](C)(C)C)cc2)[C@H](C)C1. The van der Waals surface area contributed by atoms with Gasteiger partial charge in [0.25, 0.3) is 0 Å². The summed E-state index contributed by atoms with van der Waals surface area (Å²) in [4.78, 5) is 32.2. The van der Waals surface area contributed by atoms with Crippen molar-refractivity contribution >= 4 is 36.8 Å². The summed E-state index contributed by atoms with van der Waals surface area (Å²) in [5, 5.41) is 13.5. The maximum absolute atomic E-state index is 12.8. The van der Waals surface area contributed by atoms with Crippen molar-refractivity contribution in [2.45, 2.75) is 39.5 Å². The van der Waals surface area contributed by atoms with Crippen molar-refractivity contribution in [2.24, 2.45) is 0 Å². The summed E-state index contributed by atoms with van der Waals surface area (Å²) in [5.41, 5.74) is 1.81. The van der Waals surface area contributed by atoms with Crippen molar-refractivity contribution in [1.29, 1.82) is 0 Å². The number of aromatic carboxylic acids is 1. The molecule has 0 unspecified atom stereocenters. The fraction of sp³-hybridized carbons (Fsp3) is 0.409. The number of rotatable bonds is 4. The number of nitrogens with zero attached hydrogens (tertiary/aromatic N) is 3. The molecule has 160 valence electrons. The first-order valence-electron chi connectivity index (χ1n) is 10.2. The van der Waals surface area contributed by atoms with Gasteiger partial charge in [-0.2, -0.15) is 0 Å². The van der Waals surface area contributed by atoms with Gasteiger partial charge in [0.2, 0.25) is 0 Å². The molecule has 1 aliphatic heterocycles. The molecule has 0 spiro atoms. The summed E-state index contributed by atoms with van der Waals surface area (Å²) in [7, 11) is -1.36. The lowest BCUT2D eigenvalue weighted by atomic mass is 10.1. The second kappa shape index (κ2) is 8.47. The highest BCUT2D eigenvalue weighted by atomic mass is 28.3. The average molecular weight is 427 g/mol. The molecule has 0 bridgehead atoms. The normalized spacial score (nSPS) is 17.0. The van der Waals surface area contributed by atoms with Crippen molar-refractivity contribution in [3.63, 3.8) is 0 Å². The lowest BCUT2D eigenvalue weighted by Gasteiger charge is -2.40. The van der Waals surface area contributed by atoms with E-state index >= 15 is 0 Å². The summed E-state index contributed by atoms with van der Waals surface area (Å²) in [6, 6.07) is 9.71. The van der Waals surface area contributed by atoms with Crippen molar-refractivity contribution in [3.05, 3.63) is 47.7 Å². The lowest BCUT2D eigenvalue weighted by molar-refractivity contribution is 0.0696. The first-order chi connectivity index (χ1) is 14.1. The Balaban J connectivity index is 1.64. The number of urea groups is 1. The number of hydrogen-bond donors (Lipinski definition) is 2. The second-order valence-corrected chi connectivity index (χ2v) is 14.0. The van der Waals surface area contributed by atoms with Crippen LogP contribution in [0.4, 0.5) is 16.3 Å². The molecule has 1 saturated heterocycles. The van der Waals surface area contributed by atoms with Crippen molar-refractivity contribution in [2.75, 3.05) is 29.9 Å². The number of anilines is 2. The predicted molar refractivity (Wildman–Crippen MR) is 123 cm³/mol. The molecule has 0 radical (unpaired) electrons. The summed E-state index contributed by atoms with van der Waals surface area (Å²) in [6.07, 6.45) is 1.39. The van der Waals surface area contributed by atoms with Crippen LogP contribution < -0.4 is 15.4 Å². The maximum Gasteiger partial charge on any atom is 0.337 e. The summed E-state index contributed by atoms with van der Waals surface area (Å²) in [5.74, 6) is -0.210. The molecule has 1 atom stereocenters. The Morgan fingerprint density at radius 3 is 2.37 bits per heavy atom. The van der Waals surface area contributed by atoms with Gasteiger partial charge in [0.15, 0.2) is 0 Å². The van der Waals surface area contributed by atoms with Gasteiger partial charge in [-0.15, -0.1) is 0 Å². The number of aryl methyl sites for hydroxylation is 1. The molecule has 8 heteroatoms. The van der Waals surface area contributed by atoms with E-state index in [0.717, 1.165) is 17.1 Å². The molecular weight excluding hydrogens is 396 g/mol. The number of carboxylic acid groups (broad SMARTS) is 1. The van der Waals surface area contributed by atoms with Crippen LogP contribution in [0.5, 0.6) is 0 Å². The fourth-order valence-electron chi connectivity index (χ4n) is 3.72. The van der Waals surface area contributed by atoms with Gasteiger partial charge in [0, 0.05) is 37.6 Å². The predicted octanol–water partition coefficient (Wildman–Crippen LogP) is 3.38. The molecule has 1 aromatic heterocycles. The Morgan fingerprint density at radius 2 is 1.83 bits per heavy atom. The number of nitrogens with one attached hydrogen (secondary N) is 1. The molecule has 2 aromatic rings. The van der Waals surface area contributed by atoms with Crippen LogP contribution in [0.1, 0.15) is 22.8 Å². The fourth-order valence-corrected chi connectivity index (χ4v) is 4.88. The van der Waals surface area contributed by atoms with Gasteiger partial charge in [0.05, 0.1) is 13.6 Å². The zero-order valence-corrected chi connectivity index (χ0v) is 19.3. The zero-order chi connectivity index (χ0) is 22.1. The first kappa shape index (κ1) is 21.8. The number of carboxylic acids is 1. The third kappa shape index (κ3) is 4.81. The third-order valence-electron chi connectivity index (χ3n) is 5.49. The largest absolute Gasteiger partial charge is 0.478 e. The minimum atomic E-state index is -1.36. The van der Waals surface area contributed by atoms with Crippen LogP contribution in [0, 0.1) is 6.92 Å². The van der Waals surface area contributed by atoms with Crippen LogP contribution in [-0.2, 0) is 0 Å². The number of aromatic nitrogens is 1. The number of carbonyl (C=O) groups is 2. The van der Waals surface area contributed by atoms with Crippen LogP contribution in [0.2, 0.25) is 19.6 Å². The Hall–Kier alpha value is -2.87. The van der Waals surface area contributed by atoms with Crippen LogP contribution in [0.25, 0.3) is 0 Å². The van der Waals surface area contributed by atoms with Crippen LogP contribution >= 0.6 is 0 Å². The van der Waals surface area contributed by atoms with E-state index in [1.807, 2.05) is 30.9 Å². The van der Waals surface area contributed by atoms with Crippen LogP contribution in [-0.4, -0.2) is 60.7 Å². The molecule has 1 aliphatic rings. The Kier molecular flexibility index (Phi) is 6.16. The number of amides is 2. The highest BCUT2D eigenvalue weighted by Gasteiger charge is 2.29. The highest BCUT2D eigenvalue weighted by molar-refractivity contribution is 6.88. The highest BCUT2D eigenvalue weighted by Crippen LogP contribution is 2.22.